The molecule has 0 atom stereocenters. The summed E-state index contributed by atoms with van der Waals surface area (Å²) in [7, 11) is 0. The monoisotopic (exact) mass is 292 g/mol. The first-order valence-electron chi connectivity index (χ1n) is 7.47. The maximum atomic E-state index is 10.4. The van der Waals surface area contributed by atoms with E-state index in [1.54, 1.807) is 6.08 Å². The fourth-order valence-corrected chi connectivity index (χ4v) is 1.95. The van der Waals surface area contributed by atoms with Crippen molar-refractivity contribution < 1.29 is 19.7 Å². The van der Waals surface area contributed by atoms with Crippen LogP contribution in [0.4, 0.5) is 0 Å². The van der Waals surface area contributed by atoms with Gasteiger partial charge in [-0.25, -0.2) is 4.79 Å². The number of benzene rings is 1. The Morgan fingerprint density at radius 2 is 1.62 bits per heavy atom. The first-order valence-corrected chi connectivity index (χ1v) is 7.47. The Morgan fingerprint density at radius 1 is 1.00 bits per heavy atom. The van der Waals surface area contributed by atoms with Gasteiger partial charge in [0.2, 0.25) is 0 Å². The molecule has 0 fully saturated rings. The van der Waals surface area contributed by atoms with Gasteiger partial charge in [-0.3, -0.25) is 0 Å². The van der Waals surface area contributed by atoms with Crippen LogP contribution in [-0.4, -0.2) is 29.4 Å². The van der Waals surface area contributed by atoms with Crippen LogP contribution in [0.25, 0.3) is 6.08 Å². The first kappa shape index (κ1) is 17.2. The van der Waals surface area contributed by atoms with E-state index in [9.17, 15) is 4.79 Å². The van der Waals surface area contributed by atoms with Gasteiger partial charge in [0.1, 0.15) is 5.75 Å². The average molecular weight is 292 g/mol. The summed E-state index contributed by atoms with van der Waals surface area (Å²) in [5.41, 5.74) is 0.841. The highest BCUT2D eigenvalue weighted by atomic mass is 16.5. The molecule has 1 rings (SSSR count). The Bertz CT molecular complexity index is 423. The van der Waals surface area contributed by atoms with Crippen LogP contribution in [0.15, 0.2) is 30.3 Å². The number of unbranched alkanes of at least 4 members (excludes halogenated alkanes) is 5. The topological polar surface area (TPSA) is 66.8 Å². The fourth-order valence-electron chi connectivity index (χ4n) is 1.95. The van der Waals surface area contributed by atoms with E-state index in [1.165, 1.54) is 12.8 Å². The molecule has 0 spiro atoms. The number of carbonyl (C=O) groups is 1. The Hall–Kier alpha value is -1.81. The molecule has 0 bridgehead atoms. The minimum atomic E-state index is -0.950. The second kappa shape index (κ2) is 10.9. The standard InChI is InChI=1S/C17H24O4/c18-13-5-3-1-2-4-6-14-21-16-10-7-15(8-11-16)9-12-17(19)20/h7-12,18H,1-6,13-14H2,(H,19,20)/b12-9+. The highest BCUT2D eigenvalue weighted by Gasteiger charge is 1.95. The van der Waals surface area contributed by atoms with E-state index in [2.05, 4.69) is 0 Å². The highest BCUT2D eigenvalue weighted by Crippen LogP contribution is 2.14. The number of carboxylic acids is 1. The average Bonchev–Trinajstić information content (AvgIpc) is 2.49. The molecular formula is C17H24O4. The van der Waals surface area contributed by atoms with E-state index in [1.807, 2.05) is 24.3 Å². The third-order valence-corrected chi connectivity index (χ3v) is 3.12. The number of hydrogen-bond acceptors (Lipinski definition) is 3. The predicted octanol–water partition coefficient (Wildman–Crippen LogP) is 3.50. The smallest absolute Gasteiger partial charge is 0.328 e. The van der Waals surface area contributed by atoms with Gasteiger partial charge in [-0.05, 0) is 36.6 Å². The molecule has 4 heteroatoms. The molecule has 0 saturated carbocycles. The molecule has 0 saturated heterocycles. The molecule has 0 heterocycles. The lowest BCUT2D eigenvalue weighted by Gasteiger charge is -2.06. The van der Waals surface area contributed by atoms with Gasteiger partial charge in [-0.15, -0.1) is 0 Å². The minimum absolute atomic E-state index is 0.292. The second-order valence-electron chi connectivity index (χ2n) is 4.93. The Balaban J connectivity index is 2.14. The van der Waals surface area contributed by atoms with Crippen molar-refractivity contribution in [3.8, 4) is 5.75 Å². The maximum absolute atomic E-state index is 10.4. The largest absolute Gasteiger partial charge is 0.494 e. The quantitative estimate of drug-likeness (QED) is 0.484. The van der Waals surface area contributed by atoms with Gasteiger partial charge in [-0.1, -0.05) is 37.8 Å². The molecule has 0 aliphatic carbocycles. The molecule has 0 unspecified atom stereocenters. The van der Waals surface area contributed by atoms with Crippen LogP contribution in [0.3, 0.4) is 0 Å². The molecule has 0 aromatic heterocycles. The molecule has 0 aliphatic rings. The van der Waals surface area contributed by atoms with Crippen LogP contribution in [-0.2, 0) is 4.79 Å². The molecule has 116 valence electrons. The van der Waals surface area contributed by atoms with Crippen molar-refractivity contribution in [1.82, 2.24) is 0 Å². The van der Waals surface area contributed by atoms with E-state index in [-0.39, 0.29) is 0 Å². The lowest BCUT2D eigenvalue weighted by molar-refractivity contribution is -0.131. The van der Waals surface area contributed by atoms with E-state index < -0.39 is 5.97 Å². The lowest BCUT2D eigenvalue weighted by atomic mass is 10.1. The van der Waals surface area contributed by atoms with Crippen molar-refractivity contribution in [2.24, 2.45) is 0 Å². The van der Waals surface area contributed by atoms with Gasteiger partial charge in [0.25, 0.3) is 0 Å². The summed E-state index contributed by atoms with van der Waals surface area (Å²) in [5.74, 6) is -0.142. The summed E-state index contributed by atoms with van der Waals surface area (Å²) < 4.78 is 5.63. The lowest BCUT2D eigenvalue weighted by Crippen LogP contribution is -1.97. The summed E-state index contributed by atoms with van der Waals surface area (Å²) in [5, 5.41) is 17.2. The number of aliphatic carboxylic acids is 1. The van der Waals surface area contributed by atoms with E-state index >= 15 is 0 Å². The summed E-state index contributed by atoms with van der Waals surface area (Å²) in [6.07, 6.45) is 9.20. The van der Waals surface area contributed by atoms with Gasteiger partial charge >= 0.3 is 5.97 Å². The molecule has 0 aliphatic heterocycles. The summed E-state index contributed by atoms with van der Waals surface area (Å²) in [6.45, 7) is 0.991. The van der Waals surface area contributed by atoms with Crippen molar-refractivity contribution in [2.75, 3.05) is 13.2 Å². The van der Waals surface area contributed by atoms with Crippen LogP contribution < -0.4 is 4.74 Å². The molecule has 2 N–H and O–H groups in total. The van der Waals surface area contributed by atoms with E-state index in [0.717, 1.165) is 43.1 Å². The van der Waals surface area contributed by atoms with Crippen LogP contribution in [0.5, 0.6) is 5.75 Å². The third kappa shape index (κ3) is 8.87. The van der Waals surface area contributed by atoms with Crippen LogP contribution in [0, 0.1) is 0 Å². The summed E-state index contributed by atoms with van der Waals surface area (Å²) >= 11 is 0. The Kier molecular flexibility index (Phi) is 8.96. The van der Waals surface area contributed by atoms with Gasteiger partial charge in [0, 0.05) is 12.7 Å². The number of hydrogen-bond donors (Lipinski definition) is 2. The van der Waals surface area contributed by atoms with Crippen molar-refractivity contribution >= 4 is 12.0 Å². The molecule has 21 heavy (non-hydrogen) atoms. The van der Waals surface area contributed by atoms with Crippen LogP contribution >= 0.6 is 0 Å². The molecular weight excluding hydrogens is 268 g/mol. The third-order valence-electron chi connectivity index (χ3n) is 3.12. The molecule has 0 radical (unpaired) electrons. The SMILES string of the molecule is O=C(O)/C=C/c1ccc(OCCCCCCCCO)cc1. The predicted molar refractivity (Wildman–Crippen MR) is 83.4 cm³/mol. The zero-order valence-corrected chi connectivity index (χ0v) is 12.3. The molecule has 1 aromatic rings. The Labute approximate surface area is 126 Å². The highest BCUT2D eigenvalue weighted by molar-refractivity contribution is 5.85. The number of ether oxygens (including phenoxy) is 1. The number of rotatable bonds is 11. The number of aliphatic hydroxyl groups is 1. The van der Waals surface area contributed by atoms with E-state index in [4.69, 9.17) is 14.9 Å². The summed E-state index contributed by atoms with van der Waals surface area (Å²) in [4.78, 5) is 10.4. The zero-order valence-electron chi connectivity index (χ0n) is 12.3. The number of carboxylic acid groups (broad SMARTS) is 1. The van der Waals surface area contributed by atoms with Gasteiger partial charge in [-0.2, -0.15) is 0 Å². The van der Waals surface area contributed by atoms with Gasteiger partial charge in [0.15, 0.2) is 0 Å². The Morgan fingerprint density at radius 3 is 2.24 bits per heavy atom. The van der Waals surface area contributed by atoms with Crippen molar-refractivity contribution in [1.29, 1.82) is 0 Å². The summed E-state index contributed by atoms with van der Waals surface area (Å²) in [6, 6.07) is 7.37. The van der Waals surface area contributed by atoms with Crippen molar-refractivity contribution in [2.45, 2.75) is 38.5 Å². The normalized spacial score (nSPS) is 10.9. The van der Waals surface area contributed by atoms with Crippen LogP contribution in [0.1, 0.15) is 44.1 Å². The van der Waals surface area contributed by atoms with Gasteiger partial charge in [0.05, 0.1) is 6.61 Å². The van der Waals surface area contributed by atoms with Crippen LogP contribution in [0.2, 0.25) is 0 Å². The molecule has 1 aromatic carbocycles. The van der Waals surface area contributed by atoms with E-state index in [0.29, 0.717) is 13.2 Å². The van der Waals surface area contributed by atoms with Crippen molar-refractivity contribution in [3.63, 3.8) is 0 Å². The maximum Gasteiger partial charge on any atom is 0.328 e. The minimum Gasteiger partial charge on any atom is -0.494 e. The molecule has 4 nitrogen and oxygen atoms in total. The fraction of sp³-hybridized carbons (Fsp3) is 0.471. The zero-order chi connectivity index (χ0) is 15.3. The van der Waals surface area contributed by atoms with Gasteiger partial charge < -0.3 is 14.9 Å². The van der Waals surface area contributed by atoms with Crippen molar-refractivity contribution in [3.05, 3.63) is 35.9 Å². The first-order chi connectivity index (χ1) is 10.2. The number of aliphatic hydroxyl groups excluding tert-OH is 1. The molecule has 0 amide bonds. The second-order valence-corrected chi connectivity index (χ2v) is 4.93.